The van der Waals surface area contributed by atoms with E-state index in [4.69, 9.17) is 4.74 Å². The first-order valence-corrected chi connectivity index (χ1v) is 8.26. The van der Waals surface area contributed by atoms with Crippen molar-refractivity contribution in [2.45, 2.75) is 0 Å². The van der Waals surface area contributed by atoms with Crippen LogP contribution in [-0.2, 0) is 0 Å². The molecule has 0 N–H and O–H groups in total. The van der Waals surface area contributed by atoms with E-state index >= 15 is 0 Å². The number of ketones is 1. The third-order valence-corrected chi connectivity index (χ3v) is 4.66. The first-order valence-electron chi connectivity index (χ1n) is 8.26. The largest absolute Gasteiger partial charge is 0.457 e. The van der Waals surface area contributed by atoms with E-state index in [2.05, 4.69) is 0 Å². The normalized spacial score (nSPS) is 12.1. The van der Waals surface area contributed by atoms with Crippen molar-refractivity contribution in [3.05, 3.63) is 96.1 Å². The summed E-state index contributed by atoms with van der Waals surface area (Å²) in [7, 11) is 0. The Balaban J connectivity index is 1.85. The molecule has 0 radical (unpaired) electrons. The summed E-state index contributed by atoms with van der Waals surface area (Å²) in [5, 5.41) is 2.02. The summed E-state index contributed by atoms with van der Waals surface area (Å²) in [4.78, 5) is 12.9. The van der Waals surface area contributed by atoms with E-state index in [0.717, 1.165) is 44.5 Å². The van der Waals surface area contributed by atoms with Gasteiger partial charge in [0.05, 0.1) is 0 Å². The van der Waals surface area contributed by atoms with E-state index in [1.165, 1.54) is 0 Å². The molecular formula is C23H14O2. The molecule has 1 aliphatic rings. The van der Waals surface area contributed by atoms with Crippen LogP contribution in [0.2, 0.25) is 0 Å². The molecule has 0 bridgehead atoms. The molecule has 4 aromatic rings. The lowest BCUT2D eigenvalue weighted by Gasteiger charge is -2.22. The van der Waals surface area contributed by atoms with E-state index in [-0.39, 0.29) is 5.78 Å². The molecular weight excluding hydrogens is 308 g/mol. The smallest absolute Gasteiger partial charge is 0.194 e. The maximum atomic E-state index is 12.9. The number of rotatable bonds is 2. The van der Waals surface area contributed by atoms with Crippen molar-refractivity contribution in [3.8, 4) is 22.6 Å². The second-order valence-corrected chi connectivity index (χ2v) is 6.13. The van der Waals surface area contributed by atoms with Gasteiger partial charge in [0.15, 0.2) is 5.78 Å². The summed E-state index contributed by atoms with van der Waals surface area (Å²) in [5.74, 6) is 1.63. The van der Waals surface area contributed by atoms with E-state index in [9.17, 15) is 4.79 Å². The fourth-order valence-electron chi connectivity index (χ4n) is 3.56. The fraction of sp³-hybridized carbons (Fsp3) is 0. The van der Waals surface area contributed by atoms with Crippen LogP contribution in [0.25, 0.3) is 21.9 Å². The summed E-state index contributed by atoms with van der Waals surface area (Å²) in [6.45, 7) is 0. The Bertz CT molecular complexity index is 1130. The monoisotopic (exact) mass is 322 g/mol. The molecule has 0 spiro atoms. The van der Waals surface area contributed by atoms with Gasteiger partial charge in [-0.2, -0.15) is 0 Å². The lowest BCUT2D eigenvalue weighted by atomic mass is 9.82. The number of benzene rings is 4. The molecule has 118 valence electrons. The van der Waals surface area contributed by atoms with Crippen LogP contribution in [0.1, 0.15) is 15.9 Å². The van der Waals surface area contributed by atoms with Gasteiger partial charge in [0.25, 0.3) is 0 Å². The van der Waals surface area contributed by atoms with Crippen molar-refractivity contribution >= 4 is 16.6 Å². The highest BCUT2D eigenvalue weighted by Crippen LogP contribution is 2.45. The molecule has 0 aliphatic heterocycles. The maximum absolute atomic E-state index is 12.9. The molecule has 0 fully saturated rings. The minimum absolute atomic E-state index is 0.0746. The number of carbonyl (C=O) groups is 1. The Morgan fingerprint density at radius 1 is 0.600 bits per heavy atom. The maximum Gasteiger partial charge on any atom is 0.194 e. The van der Waals surface area contributed by atoms with Gasteiger partial charge in [-0.15, -0.1) is 0 Å². The average molecular weight is 322 g/mol. The zero-order valence-electron chi connectivity index (χ0n) is 13.4. The number of para-hydroxylation sites is 1. The first kappa shape index (κ1) is 14.0. The van der Waals surface area contributed by atoms with Crippen LogP contribution in [0.4, 0.5) is 0 Å². The quantitative estimate of drug-likeness (QED) is 0.408. The topological polar surface area (TPSA) is 26.3 Å². The van der Waals surface area contributed by atoms with Gasteiger partial charge in [-0.05, 0) is 29.1 Å². The minimum Gasteiger partial charge on any atom is -0.457 e. The van der Waals surface area contributed by atoms with Gasteiger partial charge in [0.1, 0.15) is 11.5 Å². The van der Waals surface area contributed by atoms with Crippen LogP contribution in [-0.4, -0.2) is 5.78 Å². The lowest BCUT2D eigenvalue weighted by Crippen LogP contribution is -2.10. The van der Waals surface area contributed by atoms with Gasteiger partial charge in [0.2, 0.25) is 0 Å². The van der Waals surface area contributed by atoms with Crippen LogP contribution in [0.15, 0.2) is 84.9 Å². The van der Waals surface area contributed by atoms with Crippen molar-refractivity contribution in [3.63, 3.8) is 0 Å². The second-order valence-electron chi connectivity index (χ2n) is 6.13. The molecule has 0 saturated heterocycles. The highest BCUT2D eigenvalue weighted by molar-refractivity contribution is 6.26. The average Bonchev–Trinajstić information content (AvgIpc) is 2.67. The van der Waals surface area contributed by atoms with E-state index in [1.54, 1.807) is 0 Å². The zero-order valence-corrected chi connectivity index (χ0v) is 13.4. The van der Waals surface area contributed by atoms with Gasteiger partial charge < -0.3 is 4.74 Å². The highest BCUT2D eigenvalue weighted by Gasteiger charge is 2.27. The predicted molar refractivity (Wildman–Crippen MR) is 99.3 cm³/mol. The van der Waals surface area contributed by atoms with Crippen molar-refractivity contribution in [2.75, 3.05) is 0 Å². The van der Waals surface area contributed by atoms with Gasteiger partial charge >= 0.3 is 0 Å². The molecule has 0 saturated carbocycles. The third-order valence-electron chi connectivity index (χ3n) is 4.66. The predicted octanol–water partition coefficient (Wildman–Crippen LogP) is 5.84. The summed E-state index contributed by atoms with van der Waals surface area (Å²) in [5.41, 5.74) is 3.39. The van der Waals surface area contributed by atoms with Crippen molar-refractivity contribution in [1.29, 1.82) is 0 Å². The van der Waals surface area contributed by atoms with E-state index in [1.807, 2.05) is 84.9 Å². The third kappa shape index (κ3) is 2.08. The first-order chi connectivity index (χ1) is 12.3. The molecule has 0 amide bonds. The molecule has 5 rings (SSSR count). The fourth-order valence-corrected chi connectivity index (χ4v) is 3.56. The summed E-state index contributed by atoms with van der Waals surface area (Å²) < 4.78 is 6.18. The molecule has 0 heterocycles. The summed E-state index contributed by atoms with van der Waals surface area (Å²) in [6.07, 6.45) is 0. The van der Waals surface area contributed by atoms with Gasteiger partial charge in [-0.3, -0.25) is 4.79 Å². The molecule has 2 heteroatoms. The Hall–Kier alpha value is -3.39. The molecule has 0 atom stereocenters. The SMILES string of the molecule is O=C1c2ccccc2-c2c(Oc3ccccc3)ccc3cccc1c23. The van der Waals surface area contributed by atoms with Gasteiger partial charge in [-0.25, -0.2) is 0 Å². The van der Waals surface area contributed by atoms with E-state index < -0.39 is 0 Å². The van der Waals surface area contributed by atoms with Crippen LogP contribution in [0.3, 0.4) is 0 Å². The Labute approximate surface area is 145 Å². The molecule has 0 unspecified atom stereocenters. The Morgan fingerprint density at radius 3 is 2.16 bits per heavy atom. The van der Waals surface area contributed by atoms with Crippen LogP contribution in [0.5, 0.6) is 11.5 Å². The van der Waals surface area contributed by atoms with Crippen molar-refractivity contribution in [2.24, 2.45) is 0 Å². The Kier molecular flexibility index (Phi) is 2.98. The van der Waals surface area contributed by atoms with Crippen LogP contribution >= 0.6 is 0 Å². The molecule has 1 aliphatic carbocycles. The van der Waals surface area contributed by atoms with Gasteiger partial charge in [-0.1, -0.05) is 66.7 Å². The number of hydrogen-bond acceptors (Lipinski definition) is 2. The molecule has 25 heavy (non-hydrogen) atoms. The minimum atomic E-state index is 0.0746. The van der Waals surface area contributed by atoms with Crippen molar-refractivity contribution < 1.29 is 9.53 Å². The van der Waals surface area contributed by atoms with Crippen LogP contribution < -0.4 is 4.74 Å². The van der Waals surface area contributed by atoms with Crippen LogP contribution in [0, 0.1) is 0 Å². The summed E-state index contributed by atoms with van der Waals surface area (Å²) >= 11 is 0. The Morgan fingerprint density at radius 2 is 1.32 bits per heavy atom. The number of carbonyl (C=O) groups excluding carboxylic acids is 1. The summed E-state index contributed by atoms with van der Waals surface area (Å²) in [6, 6.07) is 27.4. The van der Waals surface area contributed by atoms with E-state index in [0.29, 0.717) is 0 Å². The zero-order chi connectivity index (χ0) is 16.8. The second kappa shape index (κ2) is 5.32. The van der Waals surface area contributed by atoms with Crippen molar-refractivity contribution in [1.82, 2.24) is 0 Å². The number of hydrogen-bond donors (Lipinski definition) is 0. The highest BCUT2D eigenvalue weighted by atomic mass is 16.5. The molecule has 4 aromatic carbocycles. The van der Waals surface area contributed by atoms with Gasteiger partial charge in [0, 0.05) is 22.1 Å². The standard InChI is InChI=1S/C23H14O2/c24-23-18-11-5-4-10-17(18)22-20(25-16-8-2-1-3-9-16)14-13-15-7-6-12-19(23)21(15)22/h1-14H. The number of fused-ring (bicyclic) bond motifs is 2. The molecule has 0 aromatic heterocycles. The lowest BCUT2D eigenvalue weighted by molar-refractivity contribution is 0.104. The molecule has 2 nitrogen and oxygen atoms in total. The number of ether oxygens (including phenoxy) is 1.